The van der Waals surface area contributed by atoms with E-state index in [-0.39, 0.29) is 5.92 Å². The molecule has 0 heterocycles. The summed E-state index contributed by atoms with van der Waals surface area (Å²) < 4.78 is 41.0. The Kier molecular flexibility index (Phi) is 13.1. The van der Waals surface area contributed by atoms with Gasteiger partial charge in [0.15, 0.2) is 0 Å². The summed E-state index contributed by atoms with van der Waals surface area (Å²) in [6, 6.07) is 0. The van der Waals surface area contributed by atoms with Crippen molar-refractivity contribution in [2.75, 3.05) is 0 Å². The van der Waals surface area contributed by atoms with Crippen molar-refractivity contribution in [1.29, 1.82) is 0 Å². The Morgan fingerprint density at radius 1 is 0.842 bits per heavy atom. The average molecular weight is 541 g/mol. The molecule has 0 saturated carbocycles. The fraction of sp³-hybridized carbons (Fsp3) is 0.719. The second-order valence-corrected chi connectivity index (χ2v) is 12.6. The van der Waals surface area contributed by atoms with E-state index in [0.29, 0.717) is 12.3 Å². The number of carbonyl (C=O) groups is 1. The smallest absolute Gasteiger partial charge is 0.453 e. The quantitative estimate of drug-likeness (QED) is 0.285. The van der Waals surface area contributed by atoms with Gasteiger partial charge in [-0.15, -0.1) is 0 Å². The standard InChI is InChI=1S/C12H17F3O2.C10H18O.C10H16/c1-8-4-6-9(7-5-8)11(2,3)17-10(16)12(13,14)15;1-8-4-6-9(7-5-8)10(2,3)11;1-8(2)10-6-4-9(3)5-7-10/h4,9H,5-7H2,1-3H3;4,9,11H,5-7H2,1-3H3;4,10H,1,5-7H2,2-3H3. The van der Waals surface area contributed by atoms with Crippen molar-refractivity contribution in [1.82, 2.24) is 0 Å². The Balaban J connectivity index is 0.000000299. The van der Waals surface area contributed by atoms with E-state index >= 15 is 0 Å². The van der Waals surface area contributed by atoms with Gasteiger partial charge in [-0.1, -0.05) is 47.1 Å². The zero-order valence-electron chi connectivity index (χ0n) is 24.9. The van der Waals surface area contributed by atoms with Crippen LogP contribution in [-0.4, -0.2) is 28.5 Å². The summed E-state index contributed by atoms with van der Waals surface area (Å²) in [6.45, 7) is 19.4. The van der Waals surface area contributed by atoms with Crippen molar-refractivity contribution in [2.45, 2.75) is 131 Å². The lowest BCUT2D eigenvalue weighted by Crippen LogP contribution is -2.41. The fourth-order valence-electron chi connectivity index (χ4n) is 5.00. The third kappa shape index (κ3) is 12.4. The van der Waals surface area contributed by atoms with Crippen LogP contribution in [0.2, 0.25) is 0 Å². The highest BCUT2D eigenvalue weighted by atomic mass is 19.4. The normalized spacial score (nSPS) is 24.3. The highest BCUT2D eigenvalue weighted by Crippen LogP contribution is 2.35. The molecule has 218 valence electrons. The molecule has 1 N–H and O–H groups in total. The summed E-state index contributed by atoms with van der Waals surface area (Å²) in [7, 11) is 0. The minimum absolute atomic E-state index is 0.0579. The lowest BCUT2D eigenvalue weighted by molar-refractivity contribution is -0.215. The number of carbonyl (C=O) groups excluding carboxylic acids is 1. The van der Waals surface area contributed by atoms with Gasteiger partial charge < -0.3 is 9.84 Å². The van der Waals surface area contributed by atoms with Gasteiger partial charge in [0.1, 0.15) is 5.60 Å². The molecule has 3 unspecified atom stereocenters. The van der Waals surface area contributed by atoms with E-state index < -0.39 is 23.3 Å². The van der Waals surface area contributed by atoms with E-state index in [1.165, 1.54) is 49.8 Å². The van der Waals surface area contributed by atoms with Gasteiger partial charge in [0.25, 0.3) is 0 Å². The van der Waals surface area contributed by atoms with Crippen molar-refractivity contribution < 1.29 is 27.8 Å². The molecule has 0 aliphatic heterocycles. The number of hydrogen-bond acceptors (Lipinski definition) is 3. The van der Waals surface area contributed by atoms with E-state index in [1.807, 2.05) is 26.8 Å². The zero-order valence-corrected chi connectivity index (χ0v) is 24.9. The molecule has 0 aromatic rings. The first-order valence-electron chi connectivity index (χ1n) is 14.0. The Morgan fingerprint density at radius 3 is 1.58 bits per heavy atom. The summed E-state index contributed by atoms with van der Waals surface area (Å²) in [4.78, 5) is 10.8. The molecule has 3 nitrogen and oxygen atoms in total. The van der Waals surface area contributed by atoms with Crippen molar-refractivity contribution in [3.63, 3.8) is 0 Å². The van der Waals surface area contributed by atoms with Crippen molar-refractivity contribution in [3.8, 4) is 0 Å². The van der Waals surface area contributed by atoms with E-state index in [1.54, 1.807) is 5.57 Å². The highest BCUT2D eigenvalue weighted by Gasteiger charge is 2.45. The minimum Gasteiger partial charge on any atom is -0.453 e. The van der Waals surface area contributed by atoms with Crippen LogP contribution in [0.1, 0.15) is 113 Å². The maximum absolute atomic E-state index is 12.1. The molecule has 0 saturated heterocycles. The molecule has 3 atom stereocenters. The second-order valence-electron chi connectivity index (χ2n) is 12.6. The molecule has 0 amide bonds. The predicted octanol–water partition coefficient (Wildman–Crippen LogP) is 9.43. The van der Waals surface area contributed by atoms with Gasteiger partial charge in [-0.25, -0.2) is 4.79 Å². The molecule has 0 radical (unpaired) electrons. The van der Waals surface area contributed by atoms with Crippen molar-refractivity contribution in [2.24, 2.45) is 17.8 Å². The van der Waals surface area contributed by atoms with Crippen LogP contribution in [0.15, 0.2) is 47.1 Å². The molecule has 0 aromatic heterocycles. The SMILES string of the molecule is C=C(C)C1CC=C(C)CC1.CC1=CCC(C(C)(C)O)CC1.CC1=CCC(C(C)(C)OC(=O)C(F)(F)F)CC1. The molecule has 0 spiro atoms. The van der Waals surface area contributed by atoms with Crippen LogP contribution in [0.5, 0.6) is 0 Å². The second kappa shape index (κ2) is 14.5. The number of allylic oxidation sites excluding steroid dienone is 7. The van der Waals surface area contributed by atoms with E-state index in [4.69, 9.17) is 0 Å². The summed E-state index contributed by atoms with van der Waals surface area (Å²) in [6.07, 6.45) is 11.1. The van der Waals surface area contributed by atoms with Gasteiger partial charge in [0, 0.05) is 5.92 Å². The first-order valence-corrected chi connectivity index (χ1v) is 14.0. The molecule has 3 aliphatic rings. The molecular formula is C32H51F3O3. The Bertz CT molecular complexity index is 885. The summed E-state index contributed by atoms with van der Waals surface area (Å²) in [5.41, 5.74) is 4.05. The van der Waals surface area contributed by atoms with Gasteiger partial charge in [0.2, 0.25) is 0 Å². The highest BCUT2D eigenvalue weighted by molar-refractivity contribution is 5.76. The number of halogens is 3. The van der Waals surface area contributed by atoms with Crippen LogP contribution in [0.4, 0.5) is 13.2 Å². The lowest BCUT2D eigenvalue weighted by Gasteiger charge is -2.35. The number of esters is 1. The molecule has 0 aromatic carbocycles. The maximum atomic E-state index is 12.1. The Morgan fingerprint density at radius 2 is 1.26 bits per heavy atom. The molecule has 38 heavy (non-hydrogen) atoms. The van der Waals surface area contributed by atoms with Crippen LogP contribution < -0.4 is 0 Å². The molecule has 6 heteroatoms. The van der Waals surface area contributed by atoms with E-state index in [0.717, 1.165) is 38.0 Å². The molecule has 0 bridgehead atoms. The summed E-state index contributed by atoms with van der Waals surface area (Å²) in [5.74, 6) is -0.929. The van der Waals surface area contributed by atoms with Gasteiger partial charge in [0.05, 0.1) is 5.60 Å². The number of aliphatic hydroxyl groups is 1. The third-order valence-corrected chi connectivity index (χ3v) is 8.18. The van der Waals surface area contributed by atoms with E-state index in [9.17, 15) is 23.1 Å². The summed E-state index contributed by atoms with van der Waals surface area (Å²) in [5, 5.41) is 9.70. The largest absolute Gasteiger partial charge is 0.490 e. The Hall–Kier alpha value is -1.82. The lowest BCUT2D eigenvalue weighted by atomic mass is 9.79. The number of ether oxygens (including phenoxy) is 1. The van der Waals surface area contributed by atoms with Crippen LogP contribution in [0, 0.1) is 17.8 Å². The molecule has 3 rings (SSSR count). The van der Waals surface area contributed by atoms with Gasteiger partial charge in [-0.2, -0.15) is 13.2 Å². The molecular weight excluding hydrogens is 489 g/mol. The minimum atomic E-state index is -4.92. The Labute approximate surface area is 229 Å². The van der Waals surface area contributed by atoms with Gasteiger partial charge >= 0.3 is 12.1 Å². The van der Waals surface area contributed by atoms with Gasteiger partial charge in [-0.3, -0.25) is 0 Å². The average Bonchev–Trinajstić information content (AvgIpc) is 2.79. The molecule has 3 aliphatic carbocycles. The maximum Gasteiger partial charge on any atom is 0.490 e. The van der Waals surface area contributed by atoms with Crippen LogP contribution in [0.25, 0.3) is 0 Å². The van der Waals surface area contributed by atoms with Crippen molar-refractivity contribution in [3.05, 3.63) is 47.1 Å². The summed E-state index contributed by atoms with van der Waals surface area (Å²) >= 11 is 0. The van der Waals surface area contributed by atoms with Crippen LogP contribution >= 0.6 is 0 Å². The first kappa shape index (κ1) is 34.2. The zero-order chi connectivity index (χ0) is 29.3. The van der Waals surface area contributed by atoms with Crippen LogP contribution in [0.3, 0.4) is 0 Å². The topological polar surface area (TPSA) is 46.5 Å². The number of rotatable bonds is 4. The molecule has 0 fully saturated rings. The van der Waals surface area contributed by atoms with E-state index in [2.05, 4.69) is 44.2 Å². The third-order valence-electron chi connectivity index (χ3n) is 8.18. The fourth-order valence-corrected chi connectivity index (χ4v) is 5.00. The number of alkyl halides is 3. The first-order chi connectivity index (χ1) is 17.3. The predicted molar refractivity (Wildman–Crippen MR) is 151 cm³/mol. The number of hydrogen-bond donors (Lipinski definition) is 1. The van der Waals surface area contributed by atoms with Crippen molar-refractivity contribution >= 4 is 5.97 Å². The van der Waals surface area contributed by atoms with Crippen LogP contribution in [-0.2, 0) is 9.53 Å². The van der Waals surface area contributed by atoms with Gasteiger partial charge in [-0.05, 0) is 125 Å². The monoisotopic (exact) mass is 540 g/mol.